The van der Waals surface area contributed by atoms with E-state index in [0.717, 1.165) is 32.7 Å². The average molecular weight is 482 g/mol. The molecule has 4 aromatic rings. The zero-order valence-electron chi connectivity index (χ0n) is 18.2. The fraction of sp³-hybridized carbons (Fsp3) is 0.167. The van der Waals surface area contributed by atoms with Gasteiger partial charge in [0, 0.05) is 23.4 Å². The van der Waals surface area contributed by atoms with Crippen molar-refractivity contribution in [2.75, 3.05) is 19.0 Å². The lowest BCUT2D eigenvalue weighted by Gasteiger charge is -2.08. The van der Waals surface area contributed by atoms with Crippen LogP contribution in [0.1, 0.15) is 11.3 Å². The zero-order valence-corrected chi connectivity index (χ0v) is 19.8. The third-order valence-electron chi connectivity index (χ3n) is 5.08. The number of aromatic nitrogens is 1. The van der Waals surface area contributed by atoms with Crippen LogP contribution in [0.25, 0.3) is 22.0 Å². The van der Waals surface area contributed by atoms with E-state index in [2.05, 4.69) is 15.0 Å². The lowest BCUT2D eigenvalue weighted by molar-refractivity contribution is -0.116. The minimum absolute atomic E-state index is 0.0106. The summed E-state index contributed by atoms with van der Waals surface area (Å²) in [5.41, 5.74) is 1.71. The summed E-state index contributed by atoms with van der Waals surface area (Å²) < 4.78 is 32.9. The molecule has 0 unspecified atom stereocenters. The number of rotatable bonds is 8. The summed E-state index contributed by atoms with van der Waals surface area (Å²) in [6.07, 6.45) is -0.0106. The third-order valence-corrected chi connectivity index (χ3v) is 7.43. The Morgan fingerprint density at radius 2 is 1.76 bits per heavy atom. The molecule has 1 heterocycles. The monoisotopic (exact) mass is 481 g/mol. The molecular weight excluding hydrogens is 458 g/mol. The molecule has 0 fully saturated rings. The number of anilines is 1. The number of hydrogen-bond acceptors (Lipinski definition) is 6. The van der Waals surface area contributed by atoms with Crippen LogP contribution in [0.5, 0.6) is 5.75 Å². The van der Waals surface area contributed by atoms with Gasteiger partial charge in [0.2, 0.25) is 15.9 Å². The Bertz CT molecular complexity index is 1400. The second-order valence-electron chi connectivity index (χ2n) is 7.36. The summed E-state index contributed by atoms with van der Waals surface area (Å²) in [7, 11) is -2.11. The number of aryl methyl sites for hydroxylation is 1. The van der Waals surface area contributed by atoms with Crippen LogP contribution in [0, 0.1) is 6.92 Å². The number of methoxy groups -OCH3 is 1. The molecular formula is C24H23N3O4S2. The van der Waals surface area contributed by atoms with E-state index in [4.69, 9.17) is 4.74 Å². The van der Waals surface area contributed by atoms with Gasteiger partial charge in [0.25, 0.3) is 0 Å². The highest BCUT2D eigenvalue weighted by Crippen LogP contribution is 2.31. The van der Waals surface area contributed by atoms with Gasteiger partial charge >= 0.3 is 0 Å². The SMILES string of the molecule is COc1ccc(-c2nc(NC(=O)CCNS(=O)(=O)c3ccc4ccccc4c3)sc2C)cc1. The minimum Gasteiger partial charge on any atom is -0.497 e. The number of nitrogens with zero attached hydrogens (tertiary/aromatic N) is 1. The number of ether oxygens (including phenoxy) is 1. The van der Waals surface area contributed by atoms with Gasteiger partial charge in [-0.25, -0.2) is 18.1 Å². The van der Waals surface area contributed by atoms with Crippen LogP contribution < -0.4 is 14.8 Å². The second kappa shape index (κ2) is 9.70. The quantitative estimate of drug-likeness (QED) is 0.384. The van der Waals surface area contributed by atoms with Gasteiger partial charge in [-0.1, -0.05) is 30.3 Å². The van der Waals surface area contributed by atoms with Gasteiger partial charge in [0.05, 0.1) is 17.7 Å². The molecule has 4 rings (SSSR count). The number of thiazole rings is 1. The van der Waals surface area contributed by atoms with Crippen molar-refractivity contribution in [1.29, 1.82) is 0 Å². The summed E-state index contributed by atoms with van der Waals surface area (Å²) in [6.45, 7) is 1.92. The minimum atomic E-state index is -3.72. The number of sulfonamides is 1. The van der Waals surface area contributed by atoms with Crippen molar-refractivity contribution in [2.24, 2.45) is 0 Å². The van der Waals surface area contributed by atoms with E-state index in [9.17, 15) is 13.2 Å². The summed E-state index contributed by atoms with van der Waals surface area (Å²) >= 11 is 1.37. The van der Waals surface area contributed by atoms with Crippen molar-refractivity contribution >= 4 is 43.2 Å². The molecule has 0 aliphatic heterocycles. The summed E-state index contributed by atoms with van der Waals surface area (Å²) in [5.74, 6) is 0.442. The Morgan fingerprint density at radius 3 is 2.48 bits per heavy atom. The van der Waals surface area contributed by atoms with Crippen molar-refractivity contribution in [3.8, 4) is 17.0 Å². The number of hydrogen-bond donors (Lipinski definition) is 2. The number of benzene rings is 3. The highest BCUT2D eigenvalue weighted by molar-refractivity contribution is 7.89. The molecule has 33 heavy (non-hydrogen) atoms. The van der Waals surface area contributed by atoms with Crippen molar-refractivity contribution in [1.82, 2.24) is 9.71 Å². The molecule has 2 N–H and O–H groups in total. The van der Waals surface area contributed by atoms with E-state index in [1.54, 1.807) is 25.3 Å². The lowest BCUT2D eigenvalue weighted by atomic mass is 10.1. The summed E-state index contributed by atoms with van der Waals surface area (Å²) in [4.78, 5) is 18.0. The predicted molar refractivity (Wildman–Crippen MR) is 131 cm³/mol. The number of carbonyl (C=O) groups excluding carboxylic acids is 1. The number of fused-ring (bicyclic) bond motifs is 1. The van der Waals surface area contributed by atoms with Crippen LogP contribution in [0.4, 0.5) is 5.13 Å². The molecule has 0 radical (unpaired) electrons. The number of nitrogens with one attached hydrogen (secondary N) is 2. The van der Waals surface area contributed by atoms with Crippen LogP contribution in [-0.2, 0) is 14.8 Å². The highest BCUT2D eigenvalue weighted by atomic mass is 32.2. The van der Waals surface area contributed by atoms with Gasteiger partial charge in [-0.3, -0.25) is 4.79 Å². The molecule has 7 nitrogen and oxygen atoms in total. The van der Waals surface area contributed by atoms with Gasteiger partial charge in [0.1, 0.15) is 5.75 Å². The Labute approximate surface area is 196 Å². The normalized spacial score (nSPS) is 11.5. The fourth-order valence-electron chi connectivity index (χ4n) is 3.37. The van der Waals surface area contributed by atoms with Crippen LogP contribution in [0.3, 0.4) is 0 Å². The molecule has 0 bridgehead atoms. The molecule has 0 saturated heterocycles. The van der Waals surface area contributed by atoms with Crippen LogP contribution >= 0.6 is 11.3 Å². The van der Waals surface area contributed by atoms with E-state index < -0.39 is 10.0 Å². The van der Waals surface area contributed by atoms with Crippen molar-refractivity contribution in [3.63, 3.8) is 0 Å². The van der Waals surface area contributed by atoms with Crippen LogP contribution in [-0.4, -0.2) is 33.0 Å². The van der Waals surface area contributed by atoms with Crippen molar-refractivity contribution in [3.05, 3.63) is 71.6 Å². The molecule has 3 aromatic carbocycles. The van der Waals surface area contributed by atoms with Gasteiger partial charge in [-0.15, -0.1) is 11.3 Å². The maximum atomic E-state index is 12.6. The molecule has 0 saturated carbocycles. The predicted octanol–water partition coefficient (Wildman–Crippen LogP) is 4.59. The Morgan fingerprint density at radius 1 is 1.03 bits per heavy atom. The Kier molecular flexibility index (Phi) is 6.73. The van der Waals surface area contributed by atoms with E-state index in [-0.39, 0.29) is 23.8 Å². The van der Waals surface area contributed by atoms with Gasteiger partial charge < -0.3 is 10.1 Å². The van der Waals surface area contributed by atoms with E-state index in [1.807, 2.05) is 55.5 Å². The van der Waals surface area contributed by atoms with Crippen molar-refractivity contribution in [2.45, 2.75) is 18.2 Å². The number of carbonyl (C=O) groups is 1. The molecule has 170 valence electrons. The maximum absolute atomic E-state index is 12.6. The lowest BCUT2D eigenvalue weighted by Crippen LogP contribution is -2.27. The number of amides is 1. The first-order valence-electron chi connectivity index (χ1n) is 10.3. The second-order valence-corrected chi connectivity index (χ2v) is 10.3. The third kappa shape index (κ3) is 5.39. The standard InChI is InChI=1S/C24H23N3O4S2/c1-16-23(18-7-10-20(31-2)11-8-18)27-24(32-16)26-22(28)13-14-25-33(29,30)21-12-9-17-5-3-4-6-19(17)15-21/h3-12,15,25H,13-14H2,1-2H3,(H,26,27,28). The van der Waals surface area contributed by atoms with Gasteiger partial charge in [0.15, 0.2) is 5.13 Å². The zero-order chi connectivity index (χ0) is 23.4. The Hall–Kier alpha value is -3.27. The molecule has 1 amide bonds. The molecule has 0 aliphatic rings. The molecule has 1 aromatic heterocycles. The van der Waals surface area contributed by atoms with E-state index in [1.165, 1.54) is 11.3 Å². The molecule has 0 spiro atoms. The summed E-state index contributed by atoms with van der Waals surface area (Å²) in [5, 5.41) is 5.03. The fourth-order valence-corrected chi connectivity index (χ4v) is 5.28. The van der Waals surface area contributed by atoms with Crippen LogP contribution in [0.15, 0.2) is 71.6 Å². The van der Waals surface area contributed by atoms with E-state index in [0.29, 0.717) is 5.13 Å². The molecule has 0 aliphatic carbocycles. The van der Waals surface area contributed by atoms with Crippen molar-refractivity contribution < 1.29 is 17.9 Å². The van der Waals surface area contributed by atoms with Gasteiger partial charge in [-0.05, 0) is 54.1 Å². The first kappa shape index (κ1) is 22.9. The first-order chi connectivity index (χ1) is 15.9. The maximum Gasteiger partial charge on any atom is 0.240 e. The smallest absolute Gasteiger partial charge is 0.240 e. The first-order valence-corrected chi connectivity index (χ1v) is 12.6. The topological polar surface area (TPSA) is 97.4 Å². The Balaban J connectivity index is 1.35. The molecule has 9 heteroatoms. The van der Waals surface area contributed by atoms with Gasteiger partial charge in [-0.2, -0.15) is 0 Å². The largest absolute Gasteiger partial charge is 0.497 e. The van der Waals surface area contributed by atoms with E-state index >= 15 is 0 Å². The summed E-state index contributed by atoms with van der Waals surface area (Å²) in [6, 6.07) is 20.0. The highest BCUT2D eigenvalue weighted by Gasteiger charge is 2.16. The molecule has 0 atom stereocenters. The average Bonchev–Trinajstić information content (AvgIpc) is 3.18. The van der Waals surface area contributed by atoms with Crippen LogP contribution in [0.2, 0.25) is 0 Å².